The minimum atomic E-state index is -0.511. The normalized spacial score (nSPS) is 13.6. The van der Waals surface area contributed by atoms with Gasteiger partial charge in [-0.25, -0.2) is 10.2 Å². The third-order valence-corrected chi connectivity index (χ3v) is 1.80. The first-order valence-corrected chi connectivity index (χ1v) is 5.70. The lowest BCUT2D eigenvalue weighted by atomic mass is 10.2. The molecule has 0 heterocycles. The lowest BCUT2D eigenvalue weighted by Crippen LogP contribution is -2.47. The molecule has 0 aliphatic rings. The van der Waals surface area contributed by atoms with E-state index >= 15 is 0 Å². The lowest BCUT2D eigenvalue weighted by molar-refractivity contribution is 0.0487. The highest BCUT2D eigenvalue weighted by Crippen LogP contribution is 2.06. The predicted octanol–water partition coefficient (Wildman–Crippen LogP) is 1.51. The molecule has 0 fully saturated rings. The molecule has 0 spiro atoms. The summed E-state index contributed by atoms with van der Waals surface area (Å²) in [6.07, 6.45) is 1.31. The van der Waals surface area contributed by atoms with Crippen molar-refractivity contribution in [1.82, 2.24) is 10.9 Å². The molecule has 0 aliphatic heterocycles. The van der Waals surface area contributed by atoms with E-state index in [4.69, 9.17) is 10.6 Å². The van der Waals surface area contributed by atoms with Gasteiger partial charge in [0.2, 0.25) is 0 Å². The Bertz CT molecular complexity index is 250. The highest BCUT2D eigenvalue weighted by molar-refractivity contribution is 5.67. The zero-order chi connectivity index (χ0) is 13.3. The van der Waals surface area contributed by atoms with E-state index in [-0.39, 0.29) is 6.04 Å². The van der Waals surface area contributed by atoms with Crippen LogP contribution >= 0.6 is 0 Å². The summed E-state index contributed by atoms with van der Waals surface area (Å²) < 4.78 is 5.08. The molecular weight excluding hydrogens is 222 g/mol. The summed E-state index contributed by atoms with van der Waals surface area (Å²) in [6.45, 7) is 7.87. The molecule has 17 heavy (non-hydrogen) atoms. The fraction of sp³-hybridized carbons (Fsp3) is 0.900. The van der Waals surface area contributed by atoms with Crippen LogP contribution in [0, 0.1) is 0 Å². The monoisotopic (exact) mass is 245 g/mol. The zero-order valence-corrected chi connectivity index (χ0v) is 11.0. The molecule has 0 saturated heterocycles. The number of nitrogens with one attached hydrogen (secondary N) is 2. The van der Waals surface area contributed by atoms with E-state index in [1.165, 1.54) is 0 Å². The Balaban J connectivity index is 3.98. The molecule has 0 aromatic rings. The van der Waals surface area contributed by atoms with Crippen LogP contribution < -0.4 is 16.7 Å². The van der Waals surface area contributed by atoms with Gasteiger partial charge in [0.15, 0.2) is 0 Å². The summed E-state index contributed by atoms with van der Waals surface area (Å²) in [5, 5.41) is 6.88. The zero-order valence-electron chi connectivity index (χ0n) is 11.0. The van der Waals surface area contributed by atoms with Crippen molar-refractivity contribution in [3.05, 3.63) is 0 Å². The van der Waals surface area contributed by atoms with Gasteiger partial charge in [-0.2, -0.15) is 5.11 Å². The highest BCUT2D eigenvalue weighted by atomic mass is 16.6. The van der Waals surface area contributed by atoms with Crippen molar-refractivity contribution >= 4 is 6.09 Å². The number of carbonyl (C=O) groups is 1. The first-order valence-electron chi connectivity index (χ1n) is 5.70. The van der Waals surface area contributed by atoms with Crippen LogP contribution in [-0.4, -0.2) is 24.3 Å². The maximum Gasteiger partial charge on any atom is 0.422 e. The number of nitrogens with two attached hydrogens (primary N) is 1. The number of carbonyl (C=O) groups excluding carboxylic acids is 1. The Kier molecular flexibility index (Phi) is 7.20. The summed E-state index contributed by atoms with van der Waals surface area (Å²) in [4.78, 5) is 11.4. The van der Waals surface area contributed by atoms with Gasteiger partial charge in [-0.15, -0.1) is 0 Å². The molecule has 0 radical (unpaired) electrons. The number of rotatable bonds is 6. The van der Waals surface area contributed by atoms with E-state index in [0.29, 0.717) is 6.54 Å². The van der Waals surface area contributed by atoms with Gasteiger partial charge in [0, 0.05) is 6.04 Å². The third-order valence-electron chi connectivity index (χ3n) is 1.80. The maximum atomic E-state index is 11.4. The number of hydrogen-bond donors (Lipinski definition) is 3. The average Bonchev–Trinajstić information content (AvgIpc) is 2.19. The molecule has 100 valence electrons. The second-order valence-corrected chi connectivity index (χ2v) is 4.70. The van der Waals surface area contributed by atoms with Crippen LogP contribution in [0.15, 0.2) is 10.3 Å². The number of hydrogen-bond acceptors (Lipinski definition) is 5. The second kappa shape index (κ2) is 7.83. The summed E-state index contributed by atoms with van der Waals surface area (Å²) in [5.41, 5.74) is 4.81. The molecule has 4 N–H and O–H groups in total. The molecular formula is C10H23N5O2. The van der Waals surface area contributed by atoms with Crippen LogP contribution in [0.5, 0.6) is 0 Å². The Hall–Kier alpha value is -1.37. The average molecular weight is 245 g/mol. The SMILES string of the molecule is CCC[C@@H](CN=NN)NNC(=O)OC(C)(C)C. The third kappa shape index (κ3) is 9.55. The van der Waals surface area contributed by atoms with Crippen molar-refractivity contribution in [2.75, 3.05) is 6.54 Å². The molecule has 0 bridgehead atoms. The quantitative estimate of drug-likeness (QED) is 0.375. The Morgan fingerprint density at radius 1 is 1.47 bits per heavy atom. The van der Waals surface area contributed by atoms with E-state index in [9.17, 15) is 4.79 Å². The van der Waals surface area contributed by atoms with Crippen molar-refractivity contribution in [1.29, 1.82) is 0 Å². The molecule has 0 aromatic carbocycles. The summed E-state index contributed by atoms with van der Waals surface area (Å²) in [7, 11) is 0. The van der Waals surface area contributed by atoms with Crippen LogP contribution in [0.25, 0.3) is 0 Å². The Morgan fingerprint density at radius 2 is 2.12 bits per heavy atom. The molecule has 0 unspecified atom stereocenters. The number of hydrazine groups is 1. The van der Waals surface area contributed by atoms with Gasteiger partial charge < -0.3 is 10.6 Å². The topological polar surface area (TPSA) is 101 Å². The fourth-order valence-electron chi connectivity index (χ4n) is 1.17. The largest absolute Gasteiger partial charge is 0.443 e. The first kappa shape index (κ1) is 15.6. The summed E-state index contributed by atoms with van der Waals surface area (Å²) in [6, 6.07) is -0.000168. The fourth-order valence-corrected chi connectivity index (χ4v) is 1.17. The van der Waals surface area contributed by atoms with Crippen molar-refractivity contribution in [2.24, 2.45) is 16.2 Å². The number of ether oxygens (including phenoxy) is 1. The Labute approximate surface area is 102 Å². The van der Waals surface area contributed by atoms with Gasteiger partial charge in [-0.3, -0.25) is 5.43 Å². The summed E-state index contributed by atoms with van der Waals surface area (Å²) in [5.74, 6) is 4.93. The van der Waals surface area contributed by atoms with Crippen LogP contribution in [0.2, 0.25) is 0 Å². The van der Waals surface area contributed by atoms with Crippen molar-refractivity contribution < 1.29 is 9.53 Å². The number of nitrogens with zero attached hydrogens (tertiary/aromatic N) is 2. The van der Waals surface area contributed by atoms with E-state index in [1.807, 2.05) is 6.92 Å². The molecule has 7 heteroatoms. The van der Waals surface area contributed by atoms with E-state index in [2.05, 4.69) is 21.2 Å². The second-order valence-electron chi connectivity index (χ2n) is 4.70. The minimum Gasteiger partial charge on any atom is -0.443 e. The van der Waals surface area contributed by atoms with Crippen molar-refractivity contribution in [2.45, 2.75) is 52.2 Å². The minimum absolute atomic E-state index is 0.000168. The number of amides is 1. The van der Waals surface area contributed by atoms with E-state index < -0.39 is 11.7 Å². The van der Waals surface area contributed by atoms with Gasteiger partial charge in [0.05, 0.1) is 6.54 Å². The maximum absolute atomic E-state index is 11.4. The van der Waals surface area contributed by atoms with Gasteiger partial charge in [-0.05, 0) is 27.2 Å². The van der Waals surface area contributed by atoms with Crippen LogP contribution in [0.3, 0.4) is 0 Å². The predicted molar refractivity (Wildman–Crippen MR) is 65.1 cm³/mol. The first-order chi connectivity index (χ1) is 7.89. The van der Waals surface area contributed by atoms with E-state index in [1.54, 1.807) is 20.8 Å². The summed E-state index contributed by atoms with van der Waals surface area (Å²) >= 11 is 0. The molecule has 0 saturated carbocycles. The molecule has 1 amide bonds. The van der Waals surface area contributed by atoms with Gasteiger partial charge in [0.25, 0.3) is 0 Å². The van der Waals surface area contributed by atoms with E-state index in [0.717, 1.165) is 12.8 Å². The Morgan fingerprint density at radius 3 is 2.59 bits per heavy atom. The van der Waals surface area contributed by atoms with Crippen molar-refractivity contribution in [3.63, 3.8) is 0 Å². The van der Waals surface area contributed by atoms with Crippen LogP contribution in [-0.2, 0) is 4.74 Å². The van der Waals surface area contributed by atoms with Gasteiger partial charge >= 0.3 is 6.09 Å². The molecule has 0 aliphatic carbocycles. The van der Waals surface area contributed by atoms with Crippen LogP contribution in [0.4, 0.5) is 4.79 Å². The smallest absolute Gasteiger partial charge is 0.422 e. The molecule has 0 rings (SSSR count). The van der Waals surface area contributed by atoms with Crippen LogP contribution in [0.1, 0.15) is 40.5 Å². The molecule has 7 nitrogen and oxygen atoms in total. The van der Waals surface area contributed by atoms with Gasteiger partial charge in [-0.1, -0.05) is 18.6 Å². The lowest BCUT2D eigenvalue weighted by Gasteiger charge is -2.21. The standard InChI is InChI=1S/C10H23N5O2/c1-5-6-8(7-12-15-11)13-14-9(16)17-10(2,3)4/h8,13H,5-7H2,1-4H3,(H2,11,12)(H,14,16)/t8-/m0/s1. The molecule has 1 atom stereocenters. The van der Waals surface area contributed by atoms with Crippen molar-refractivity contribution in [3.8, 4) is 0 Å². The molecule has 0 aromatic heterocycles. The highest BCUT2D eigenvalue weighted by Gasteiger charge is 2.16. The van der Waals surface area contributed by atoms with Gasteiger partial charge in [0.1, 0.15) is 5.60 Å².